The SMILES string of the molecule is CCCN(CCC)S(=O)(=O)NCC(C)(C)N. The van der Waals surface area contributed by atoms with Crippen LogP contribution in [0.3, 0.4) is 0 Å². The van der Waals surface area contributed by atoms with Gasteiger partial charge in [-0.15, -0.1) is 0 Å². The number of nitrogens with zero attached hydrogens (tertiary/aromatic N) is 1. The maximum absolute atomic E-state index is 11.9. The second kappa shape index (κ2) is 6.54. The predicted molar refractivity (Wildman–Crippen MR) is 67.3 cm³/mol. The number of rotatable bonds is 8. The third-order valence-corrected chi connectivity index (χ3v) is 3.55. The van der Waals surface area contributed by atoms with Crippen molar-refractivity contribution in [2.75, 3.05) is 19.6 Å². The largest absolute Gasteiger partial charge is 0.324 e. The average Bonchev–Trinajstić information content (AvgIpc) is 2.14. The normalized spacial score (nSPS) is 13.4. The van der Waals surface area contributed by atoms with Gasteiger partial charge in [-0.1, -0.05) is 13.8 Å². The fraction of sp³-hybridized carbons (Fsp3) is 1.00. The summed E-state index contributed by atoms with van der Waals surface area (Å²) < 4.78 is 27.8. The number of nitrogens with two attached hydrogens (primary N) is 1. The van der Waals surface area contributed by atoms with E-state index in [1.165, 1.54) is 4.31 Å². The molecule has 3 N–H and O–H groups in total. The summed E-state index contributed by atoms with van der Waals surface area (Å²) in [6, 6.07) is 0. The Hall–Kier alpha value is -0.170. The van der Waals surface area contributed by atoms with Crippen LogP contribution in [-0.2, 0) is 10.2 Å². The monoisotopic (exact) mass is 251 g/mol. The minimum absolute atomic E-state index is 0.249. The Bertz CT molecular complexity index is 277. The number of hydrogen-bond acceptors (Lipinski definition) is 3. The van der Waals surface area contributed by atoms with Gasteiger partial charge < -0.3 is 5.73 Å². The van der Waals surface area contributed by atoms with Crippen LogP contribution in [-0.4, -0.2) is 37.9 Å². The molecule has 0 aromatic carbocycles. The molecule has 0 saturated carbocycles. The van der Waals surface area contributed by atoms with Gasteiger partial charge in [0.25, 0.3) is 10.2 Å². The van der Waals surface area contributed by atoms with Crippen LogP contribution in [0.25, 0.3) is 0 Å². The van der Waals surface area contributed by atoms with Gasteiger partial charge in [0, 0.05) is 25.2 Å². The van der Waals surface area contributed by atoms with Gasteiger partial charge >= 0.3 is 0 Å². The van der Waals surface area contributed by atoms with Crippen molar-refractivity contribution in [1.29, 1.82) is 0 Å². The highest BCUT2D eigenvalue weighted by Gasteiger charge is 2.22. The van der Waals surface area contributed by atoms with E-state index in [0.29, 0.717) is 13.1 Å². The van der Waals surface area contributed by atoms with Crippen molar-refractivity contribution < 1.29 is 8.42 Å². The van der Waals surface area contributed by atoms with Gasteiger partial charge in [-0.25, -0.2) is 4.72 Å². The van der Waals surface area contributed by atoms with Crippen LogP contribution in [0.4, 0.5) is 0 Å². The van der Waals surface area contributed by atoms with Gasteiger partial charge in [0.05, 0.1) is 0 Å². The van der Waals surface area contributed by atoms with Crippen LogP contribution >= 0.6 is 0 Å². The molecule has 0 amide bonds. The smallest absolute Gasteiger partial charge is 0.279 e. The van der Waals surface area contributed by atoms with Crippen molar-refractivity contribution in [3.63, 3.8) is 0 Å². The minimum Gasteiger partial charge on any atom is -0.324 e. The van der Waals surface area contributed by atoms with Crippen LogP contribution in [0.1, 0.15) is 40.5 Å². The van der Waals surface area contributed by atoms with E-state index in [9.17, 15) is 8.42 Å². The Balaban J connectivity index is 4.47. The third-order valence-electron chi connectivity index (χ3n) is 2.00. The molecule has 6 heteroatoms. The van der Waals surface area contributed by atoms with Crippen molar-refractivity contribution >= 4 is 10.2 Å². The van der Waals surface area contributed by atoms with Gasteiger partial charge in [0.1, 0.15) is 0 Å². The highest BCUT2D eigenvalue weighted by Crippen LogP contribution is 2.03. The zero-order valence-electron chi connectivity index (χ0n) is 10.8. The van der Waals surface area contributed by atoms with Gasteiger partial charge in [-0.3, -0.25) is 0 Å². The first-order valence-electron chi connectivity index (χ1n) is 5.76. The quantitative estimate of drug-likeness (QED) is 0.666. The summed E-state index contributed by atoms with van der Waals surface area (Å²) in [4.78, 5) is 0. The summed E-state index contributed by atoms with van der Waals surface area (Å²) in [7, 11) is -3.38. The van der Waals surface area contributed by atoms with Gasteiger partial charge in [0.2, 0.25) is 0 Å². The summed E-state index contributed by atoms with van der Waals surface area (Å²) >= 11 is 0. The molecule has 0 aliphatic carbocycles. The predicted octanol–water partition coefficient (Wildman–Crippen LogP) is 0.680. The molecule has 0 rings (SSSR count). The Morgan fingerprint density at radius 2 is 1.62 bits per heavy atom. The summed E-state index contributed by atoms with van der Waals surface area (Å²) in [5.41, 5.74) is 5.21. The van der Waals surface area contributed by atoms with E-state index in [1.807, 2.05) is 13.8 Å². The van der Waals surface area contributed by atoms with Crippen LogP contribution in [0, 0.1) is 0 Å². The first-order chi connectivity index (χ1) is 7.23. The molecular formula is C10H25N3O2S. The molecule has 0 saturated heterocycles. The standard InChI is InChI=1S/C10H25N3O2S/c1-5-7-13(8-6-2)16(14,15)12-9-10(3,4)11/h12H,5-9,11H2,1-4H3. The van der Waals surface area contributed by atoms with Crippen LogP contribution in [0.5, 0.6) is 0 Å². The van der Waals surface area contributed by atoms with Gasteiger partial charge in [0.15, 0.2) is 0 Å². The summed E-state index contributed by atoms with van der Waals surface area (Å²) in [6.07, 6.45) is 1.62. The second-order valence-electron chi connectivity index (χ2n) is 4.71. The summed E-state index contributed by atoms with van der Waals surface area (Å²) in [5, 5.41) is 0. The molecule has 0 spiro atoms. The van der Waals surface area contributed by atoms with E-state index in [-0.39, 0.29) is 6.54 Å². The fourth-order valence-electron chi connectivity index (χ4n) is 1.22. The molecule has 98 valence electrons. The highest BCUT2D eigenvalue weighted by atomic mass is 32.2. The van der Waals surface area contributed by atoms with Gasteiger partial charge in [-0.2, -0.15) is 12.7 Å². The Kier molecular flexibility index (Phi) is 6.47. The molecule has 0 unspecified atom stereocenters. The number of hydrogen-bond donors (Lipinski definition) is 2. The lowest BCUT2D eigenvalue weighted by molar-refractivity contribution is 0.394. The molecule has 0 aromatic rings. The molecule has 0 aliphatic heterocycles. The van der Waals surface area contributed by atoms with Crippen molar-refractivity contribution in [1.82, 2.24) is 9.03 Å². The molecule has 0 bridgehead atoms. The Labute approximate surface area is 99.6 Å². The van der Waals surface area contributed by atoms with Crippen LogP contribution in [0.2, 0.25) is 0 Å². The maximum atomic E-state index is 11.9. The van der Waals surface area contributed by atoms with E-state index in [0.717, 1.165) is 12.8 Å². The molecule has 0 radical (unpaired) electrons. The average molecular weight is 251 g/mol. The summed E-state index contributed by atoms with van der Waals surface area (Å²) in [6.45, 7) is 8.86. The lowest BCUT2D eigenvalue weighted by Gasteiger charge is -2.24. The third kappa shape index (κ3) is 6.42. The maximum Gasteiger partial charge on any atom is 0.279 e. The minimum atomic E-state index is -3.38. The van der Waals surface area contributed by atoms with E-state index in [1.54, 1.807) is 13.8 Å². The molecule has 0 aromatic heterocycles. The van der Waals surface area contributed by atoms with Crippen molar-refractivity contribution in [2.24, 2.45) is 5.73 Å². The lowest BCUT2D eigenvalue weighted by atomic mass is 10.1. The van der Waals surface area contributed by atoms with E-state index in [4.69, 9.17) is 5.73 Å². The van der Waals surface area contributed by atoms with E-state index in [2.05, 4.69) is 4.72 Å². The lowest BCUT2D eigenvalue weighted by Crippen LogP contribution is -2.49. The van der Waals surface area contributed by atoms with Gasteiger partial charge in [-0.05, 0) is 26.7 Å². The topological polar surface area (TPSA) is 75.4 Å². The fourth-order valence-corrected chi connectivity index (χ4v) is 2.80. The molecule has 0 heterocycles. The molecule has 0 atom stereocenters. The molecule has 0 aliphatic rings. The molecule has 5 nitrogen and oxygen atoms in total. The van der Waals surface area contributed by atoms with E-state index < -0.39 is 15.7 Å². The molecule has 0 fully saturated rings. The van der Waals surface area contributed by atoms with Crippen LogP contribution in [0.15, 0.2) is 0 Å². The zero-order valence-corrected chi connectivity index (χ0v) is 11.6. The second-order valence-corrected chi connectivity index (χ2v) is 6.47. The first-order valence-corrected chi connectivity index (χ1v) is 7.20. The molecule has 16 heavy (non-hydrogen) atoms. The van der Waals surface area contributed by atoms with Crippen LogP contribution < -0.4 is 10.5 Å². The van der Waals surface area contributed by atoms with Crippen molar-refractivity contribution in [2.45, 2.75) is 46.1 Å². The van der Waals surface area contributed by atoms with Crippen molar-refractivity contribution in [3.8, 4) is 0 Å². The van der Waals surface area contributed by atoms with Crippen molar-refractivity contribution in [3.05, 3.63) is 0 Å². The molecular weight excluding hydrogens is 226 g/mol. The van der Waals surface area contributed by atoms with E-state index >= 15 is 0 Å². The zero-order chi connectivity index (χ0) is 12.8. The first kappa shape index (κ1) is 15.8. The summed E-state index contributed by atoms with van der Waals surface area (Å²) in [5.74, 6) is 0. The number of nitrogens with one attached hydrogen (secondary N) is 1. The Morgan fingerprint density at radius 1 is 1.19 bits per heavy atom. The Morgan fingerprint density at radius 3 is 1.94 bits per heavy atom. The highest BCUT2D eigenvalue weighted by molar-refractivity contribution is 7.87.